The van der Waals surface area contributed by atoms with Gasteiger partial charge in [0.25, 0.3) is 0 Å². The standard InChI is InChI=1S/C16H19Cl2FN2O2.ClH/c17-12-8-13(18)14(19)7-11(12)15-9-21(4-5-23-15)16(22)6-10-2-1-3-20-10;/h7-8,10,15,20H,1-6,9H2;1H. The molecule has 2 atom stereocenters. The topological polar surface area (TPSA) is 41.6 Å². The lowest BCUT2D eigenvalue weighted by molar-refractivity contribution is -0.139. The second kappa shape index (κ2) is 8.68. The molecule has 2 aliphatic heterocycles. The fourth-order valence-electron chi connectivity index (χ4n) is 3.12. The third kappa shape index (κ3) is 4.52. The summed E-state index contributed by atoms with van der Waals surface area (Å²) in [5, 5.41) is 3.66. The lowest BCUT2D eigenvalue weighted by Gasteiger charge is -2.34. The molecular formula is C16H20Cl3FN2O2. The van der Waals surface area contributed by atoms with Crippen LogP contribution in [0.5, 0.6) is 0 Å². The van der Waals surface area contributed by atoms with E-state index in [1.807, 2.05) is 0 Å². The molecule has 2 heterocycles. The van der Waals surface area contributed by atoms with Crippen LogP contribution in [-0.2, 0) is 9.53 Å². The fourth-order valence-corrected chi connectivity index (χ4v) is 3.62. The van der Waals surface area contributed by atoms with E-state index in [-0.39, 0.29) is 29.4 Å². The molecule has 0 bridgehead atoms. The van der Waals surface area contributed by atoms with E-state index in [0.717, 1.165) is 19.4 Å². The van der Waals surface area contributed by atoms with E-state index in [1.54, 1.807) is 4.90 Å². The summed E-state index contributed by atoms with van der Waals surface area (Å²) in [5.74, 6) is -0.434. The number of rotatable bonds is 3. The van der Waals surface area contributed by atoms with E-state index in [1.165, 1.54) is 12.1 Å². The SMILES string of the molecule is Cl.O=C(CC1CCCN1)N1CCOC(c2cc(F)c(Cl)cc2Cl)C1. The van der Waals surface area contributed by atoms with Gasteiger partial charge < -0.3 is 15.0 Å². The molecule has 0 aromatic heterocycles. The number of hydrogen-bond acceptors (Lipinski definition) is 3. The molecule has 3 rings (SSSR count). The van der Waals surface area contributed by atoms with Crippen molar-refractivity contribution in [3.8, 4) is 0 Å². The van der Waals surface area contributed by atoms with Gasteiger partial charge in [-0.15, -0.1) is 12.4 Å². The van der Waals surface area contributed by atoms with Gasteiger partial charge in [-0.1, -0.05) is 23.2 Å². The van der Waals surface area contributed by atoms with Gasteiger partial charge in [0.15, 0.2) is 0 Å². The number of morpholine rings is 1. The molecule has 2 saturated heterocycles. The van der Waals surface area contributed by atoms with Gasteiger partial charge in [0.2, 0.25) is 5.91 Å². The van der Waals surface area contributed by atoms with E-state index >= 15 is 0 Å². The Kier molecular flexibility index (Phi) is 7.13. The van der Waals surface area contributed by atoms with Crippen molar-refractivity contribution in [3.63, 3.8) is 0 Å². The van der Waals surface area contributed by atoms with Crippen LogP contribution in [-0.4, -0.2) is 43.1 Å². The van der Waals surface area contributed by atoms with Crippen LogP contribution in [0.2, 0.25) is 10.0 Å². The first kappa shape index (κ1) is 19.7. The zero-order valence-electron chi connectivity index (χ0n) is 13.1. The number of carbonyl (C=O) groups excluding carboxylic acids is 1. The molecule has 0 radical (unpaired) electrons. The minimum absolute atomic E-state index is 0. The maximum Gasteiger partial charge on any atom is 0.224 e. The van der Waals surface area contributed by atoms with Crippen LogP contribution >= 0.6 is 35.6 Å². The Morgan fingerprint density at radius 1 is 1.38 bits per heavy atom. The highest BCUT2D eigenvalue weighted by atomic mass is 35.5. The second-order valence-electron chi connectivity index (χ2n) is 5.98. The number of ether oxygens (including phenoxy) is 1. The van der Waals surface area contributed by atoms with Gasteiger partial charge in [0.1, 0.15) is 11.9 Å². The minimum Gasteiger partial charge on any atom is -0.370 e. The Bertz CT molecular complexity index is 597. The molecule has 0 aliphatic carbocycles. The first-order valence-corrected chi connectivity index (χ1v) is 8.57. The number of halogens is 4. The van der Waals surface area contributed by atoms with Crippen molar-refractivity contribution >= 4 is 41.5 Å². The van der Waals surface area contributed by atoms with Crippen molar-refractivity contribution in [2.24, 2.45) is 0 Å². The highest BCUT2D eigenvalue weighted by Crippen LogP contribution is 2.32. The van der Waals surface area contributed by atoms with Crippen molar-refractivity contribution < 1.29 is 13.9 Å². The molecule has 0 saturated carbocycles. The smallest absolute Gasteiger partial charge is 0.224 e. The normalized spacial score (nSPS) is 23.9. The molecule has 24 heavy (non-hydrogen) atoms. The maximum absolute atomic E-state index is 13.7. The van der Waals surface area contributed by atoms with Crippen LogP contribution in [0.15, 0.2) is 12.1 Å². The predicted molar refractivity (Wildman–Crippen MR) is 94.6 cm³/mol. The van der Waals surface area contributed by atoms with E-state index < -0.39 is 11.9 Å². The van der Waals surface area contributed by atoms with Crippen molar-refractivity contribution in [3.05, 3.63) is 33.6 Å². The number of carbonyl (C=O) groups is 1. The first-order chi connectivity index (χ1) is 11.0. The van der Waals surface area contributed by atoms with Crippen molar-refractivity contribution in [2.75, 3.05) is 26.2 Å². The molecule has 1 aromatic rings. The van der Waals surface area contributed by atoms with Gasteiger partial charge in [-0.3, -0.25) is 4.79 Å². The number of nitrogens with zero attached hydrogens (tertiary/aromatic N) is 1. The predicted octanol–water partition coefficient (Wildman–Crippen LogP) is 3.60. The van der Waals surface area contributed by atoms with Crippen molar-refractivity contribution in [1.29, 1.82) is 0 Å². The van der Waals surface area contributed by atoms with E-state index in [4.69, 9.17) is 27.9 Å². The van der Waals surface area contributed by atoms with Gasteiger partial charge in [-0.05, 0) is 31.5 Å². The van der Waals surface area contributed by atoms with Crippen LogP contribution in [0.1, 0.15) is 30.9 Å². The van der Waals surface area contributed by atoms with Gasteiger partial charge in [0, 0.05) is 29.6 Å². The van der Waals surface area contributed by atoms with Crippen LogP contribution in [0.25, 0.3) is 0 Å². The third-order valence-corrected chi connectivity index (χ3v) is 5.01. The van der Waals surface area contributed by atoms with Crippen molar-refractivity contribution in [1.82, 2.24) is 10.2 Å². The molecule has 1 amide bonds. The minimum atomic E-state index is -0.534. The van der Waals surface area contributed by atoms with Crippen LogP contribution < -0.4 is 5.32 Å². The summed E-state index contributed by atoms with van der Waals surface area (Å²) in [5.41, 5.74) is 0.532. The summed E-state index contributed by atoms with van der Waals surface area (Å²) in [7, 11) is 0. The van der Waals surface area contributed by atoms with E-state index in [9.17, 15) is 9.18 Å². The number of hydrogen-bond donors (Lipinski definition) is 1. The quantitative estimate of drug-likeness (QED) is 0.793. The molecule has 2 fully saturated rings. The number of benzene rings is 1. The van der Waals surface area contributed by atoms with E-state index in [2.05, 4.69) is 5.32 Å². The van der Waals surface area contributed by atoms with E-state index in [0.29, 0.717) is 36.7 Å². The summed E-state index contributed by atoms with van der Waals surface area (Å²) in [4.78, 5) is 14.2. The van der Waals surface area contributed by atoms with Crippen LogP contribution in [0.3, 0.4) is 0 Å². The molecule has 0 spiro atoms. The summed E-state index contributed by atoms with van der Waals surface area (Å²) in [6, 6.07) is 2.93. The Labute approximate surface area is 157 Å². The zero-order chi connectivity index (χ0) is 16.4. The molecule has 2 unspecified atom stereocenters. The summed E-state index contributed by atoms with van der Waals surface area (Å²) >= 11 is 11.9. The Hall–Kier alpha value is -0.590. The van der Waals surface area contributed by atoms with Crippen molar-refractivity contribution in [2.45, 2.75) is 31.4 Å². The summed E-state index contributed by atoms with van der Waals surface area (Å²) in [6.45, 7) is 2.32. The average molecular weight is 398 g/mol. The molecule has 1 N–H and O–H groups in total. The molecule has 134 valence electrons. The first-order valence-electron chi connectivity index (χ1n) is 7.82. The van der Waals surface area contributed by atoms with Gasteiger partial charge >= 0.3 is 0 Å². The lowest BCUT2D eigenvalue weighted by atomic mass is 10.1. The van der Waals surface area contributed by atoms with Crippen LogP contribution in [0.4, 0.5) is 4.39 Å². The largest absolute Gasteiger partial charge is 0.370 e. The monoisotopic (exact) mass is 396 g/mol. The van der Waals surface area contributed by atoms with Gasteiger partial charge in [-0.2, -0.15) is 0 Å². The number of amides is 1. The summed E-state index contributed by atoms with van der Waals surface area (Å²) in [6.07, 6.45) is 2.22. The highest BCUT2D eigenvalue weighted by Gasteiger charge is 2.29. The lowest BCUT2D eigenvalue weighted by Crippen LogP contribution is -2.44. The maximum atomic E-state index is 13.7. The number of nitrogens with one attached hydrogen (secondary N) is 1. The Morgan fingerprint density at radius 3 is 2.88 bits per heavy atom. The second-order valence-corrected chi connectivity index (χ2v) is 6.80. The zero-order valence-corrected chi connectivity index (χ0v) is 15.4. The third-order valence-electron chi connectivity index (χ3n) is 4.39. The summed E-state index contributed by atoms with van der Waals surface area (Å²) < 4.78 is 19.4. The van der Waals surface area contributed by atoms with Crippen LogP contribution in [0, 0.1) is 5.82 Å². The molecule has 8 heteroatoms. The molecular weight excluding hydrogens is 378 g/mol. The molecule has 1 aromatic carbocycles. The van der Waals surface area contributed by atoms with Gasteiger partial charge in [0.05, 0.1) is 18.2 Å². The Balaban J connectivity index is 0.00000208. The average Bonchev–Trinajstić information content (AvgIpc) is 3.04. The molecule has 2 aliphatic rings. The molecule has 4 nitrogen and oxygen atoms in total. The fraction of sp³-hybridized carbons (Fsp3) is 0.562. The van der Waals surface area contributed by atoms with Gasteiger partial charge in [-0.25, -0.2) is 4.39 Å². The highest BCUT2D eigenvalue weighted by molar-refractivity contribution is 6.35. The Morgan fingerprint density at radius 2 is 2.17 bits per heavy atom.